The van der Waals surface area contributed by atoms with Crippen LogP contribution in [0.4, 0.5) is 0 Å². The van der Waals surface area contributed by atoms with Crippen LogP contribution in [0.1, 0.15) is 15.9 Å². The first-order valence-electron chi connectivity index (χ1n) is 6.79. The van der Waals surface area contributed by atoms with Crippen molar-refractivity contribution in [3.63, 3.8) is 0 Å². The van der Waals surface area contributed by atoms with Gasteiger partial charge in [0.2, 0.25) is 0 Å². The Labute approximate surface area is 138 Å². The van der Waals surface area contributed by atoms with Gasteiger partial charge in [-0.05, 0) is 54.1 Å². The van der Waals surface area contributed by atoms with E-state index in [0.717, 1.165) is 5.56 Å². The number of hydrogen-bond acceptors (Lipinski definition) is 4. The molecule has 118 valence electrons. The molecular formula is C17H15ClN2O3. The number of phenols is 1. The van der Waals surface area contributed by atoms with Gasteiger partial charge in [-0.15, -0.1) is 0 Å². The average Bonchev–Trinajstić information content (AvgIpc) is 2.56. The van der Waals surface area contributed by atoms with Crippen LogP contribution >= 0.6 is 11.6 Å². The molecule has 0 bridgehead atoms. The predicted octanol–water partition coefficient (Wildman–Crippen LogP) is 3.29. The SMILES string of the molecule is O=C(N/N=C/c1ccc(OC/C=C/Cl)cc1)c1cccc(O)c1. The van der Waals surface area contributed by atoms with Crippen molar-refractivity contribution in [2.75, 3.05) is 6.61 Å². The topological polar surface area (TPSA) is 70.9 Å². The Morgan fingerprint density at radius 2 is 2.04 bits per heavy atom. The van der Waals surface area contributed by atoms with Crippen molar-refractivity contribution in [1.82, 2.24) is 5.43 Å². The van der Waals surface area contributed by atoms with Crippen molar-refractivity contribution >= 4 is 23.7 Å². The molecule has 0 radical (unpaired) electrons. The van der Waals surface area contributed by atoms with Gasteiger partial charge in [0.25, 0.3) is 5.91 Å². The van der Waals surface area contributed by atoms with Crippen molar-refractivity contribution in [3.05, 3.63) is 71.3 Å². The fourth-order valence-electron chi connectivity index (χ4n) is 1.71. The molecule has 1 amide bonds. The first-order valence-corrected chi connectivity index (χ1v) is 7.23. The third-order valence-electron chi connectivity index (χ3n) is 2.80. The van der Waals surface area contributed by atoms with Gasteiger partial charge in [-0.2, -0.15) is 5.10 Å². The molecule has 23 heavy (non-hydrogen) atoms. The van der Waals surface area contributed by atoms with Gasteiger partial charge in [0, 0.05) is 11.1 Å². The molecule has 0 heterocycles. The Kier molecular flexibility index (Phi) is 6.20. The Bertz CT molecular complexity index is 712. The van der Waals surface area contributed by atoms with Gasteiger partial charge in [0.15, 0.2) is 0 Å². The number of benzene rings is 2. The van der Waals surface area contributed by atoms with Crippen LogP contribution in [0.3, 0.4) is 0 Å². The Morgan fingerprint density at radius 1 is 1.26 bits per heavy atom. The number of nitrogens with one attached hydrogen (secondary N) is 1. The zero-order valence-corrected chi connectivity index (χ0v) is 12.9. The second-order valence-corrected chi connectivity index (χ2v) is 4.74. The lowest BCUT2D eigenvalue weighted by Crippen LogP contribution is -2.17. The first-order chi connectivity index (χ1) is 11.2. The normalized spacial score (nSPS) is 11.0. The molecule has 0 unspecified atom stereocenters. The summed E-state index contributed by atoms with van der Waals surface area (Å²) in [6.45, 7) is 0.400. The number of carbonyl (C=O) groups is 1. The highest BCUT2D eigenvalue weighted by atomic mass is 35.5. The number of halogens is 1. The molecule has 2 aromatic rings. The first kappa shape index (κ1) is 16.6. The quantitative estimate of drug-likeness (QED) is 0.630. The van der Waals surface area contributed by atoms with Crippen molar-refractivity contribution in [2.45, 2.75) is 0 Å². The van der Waals surface area contributed by atoms with Gasteiger partial charge < -0.3 is 9.84 Å². The Hall–Kier alpha value is -2.79. The molecule has 2 aromatic carbocycles. The number of hydrazone groups is 1. The fraction of sp³-hybridized carbons (Fsp3) is 0.0588. The fourth-order valence-corrected chi connectivity index (χ4v) is 1.78. The molecule has 0 fully saturated rings. The van der Waals surface area contributed by atoms with Crippen molar-refractivity contribution in [1.29, 1.82) is 0 Å². The van der Waals surface area contributed by atoms with Crippen LogP contribution < -0.4 is 10.2 Å². The molecule has 2 N–H and O–H groups in total. The molecular weight excluding hydrogens is 316 g/mol. The Balaban J connectivity index is 1.89. The summed E-state index contributed by atoms with van der Waals surface area (Å²) in [6.07, 6.45) is 3.21. The summed E-state index contributed by atoms with van der Waals surface area (Å²) in [7, 11) is 0. The summed E-state index contributed by atoms with van der Waals surface area (Å²) in [5.41, 5.74) is 4.93. The van der Waals surface area contributed by atoms with Gasteiger partial charge >= 0.3 is 0 Å². The third-order valence-corrected chi connectivity index (χ3v) is 2.98. The van der Waals surface area contributed by atoms with Crippen LogP contribution in [0, 0.1) is 0 Å². The summed E-state index contributed by atoms with van der Waals surface area (Å²) in [4.78, 5) is 11.8. The van der Waals surface area contributed by atoms with E-state index in [4.69, 9.17) is 16.3 Å². The van der Waals surface area contributed by atoms with E-state index in [2.05, 4.69) is 10.5 Å². The van der Waals surface area contributed by atoms with Crippen LogP contribution in [0.15, 0.2) is 65.2 Å². The number of phenolic OH excluding ortho intramolecular Hbond substituents is 1. The van der Waals surface area contributed by atoms with Crippen LogP contribution in [-0.4, -0.2) is 23.8 Å². The number of amides is 1. The summed E-state index contributed by atoms with van der Waals surface area (Å²) >= 11 is 5.40. The maximum absolute atomic E-state index is 11.8. The summed E-state index contributed by atoms with van der Waals surface area (Å²) in [5, 5.41) is 13.2. The molecule has 0 saturated heterocycles. The van der Waals surface area contributed by atoms with Crippen LogP contribution in [-0.2, 0) is 0 Å². The number of aromatic hydroxyl groups is 1. The van der Waals surface area contributed by atoms with Gasteiger partial charge in [-0.25, -0.2) is 5.43 Å². The smallest absolute Gasteiger partial charge is 0.271 e. The zero-order valence-electron chi connectivity index (χ0n) is 12.1. The largest absolute Gasteiger partial charge is 0.508 e. The van der Waals surface area contributed by atoms with Gasteiger partial charge in [0.05, 0.1) is 6.21 Å². The van der Waals surface area contributed by atoms with Crippen LogP contribution in [0.5, 0.6) is 11.5 Å². The molecule has 6 heteroatoms. The predicted molar refractivity (Wildman–Crippen MR) is 90.1 cm³/mol. The van der Waals surface area contributed by atoms with E-state index < -0.39 is 5.91 Å². The van der Waals surface area contributed by atoms with Gasteiger partial charge in [0.1, 0.15) is 18.1 Å². The van der Waals surface area contributed by atoms with E-state index in [1.54, 1.807) is 30.3 Å². The molecule has 0 aromatic heterocycles. The lowest BCUT2D eigenvalue weighted by atomic mass is 10.2. The maximum Gasteiger partial charge on any atom is 0.271 e. The standard InChI is InChI=1S/C17H15ClN2O3/c18-9-2-10-23-16-7-5-13(6-8-16)12-19-20-17(22)14-3-1-4-15(21)11-14/h1-9,11-12,21H,10H2,(H,20,22)/b9-2+,19-12+. The molecule has 2 rings (SSSR count). The molecule has 0 aliphatic carbocycles. The highest BCUT2D eigenvalue weighted by Crippen LogP contribution is 2.12. The minimum Gasteiger partial charge on any atom is -0.508 e. The number of ether oxygens (including phenoxy) is 1. The molecule has 0 aliphatic heterocycles. The van der Waals surface area contributed by atoms with Crippen molar-refractivity contribution < 1.29 is 14.6 Å². The maximum atomic E-state index is 11.8. The molecule has 0 atom stereocenters. The van der Waals surface area contributed by atoms with E-state index in [-0.39, 0.29) is 5.75 Å². The zero-order chi connectivity index (χ0) is 16.5. The van der Waals surface area contributed by atoms with Crippen molar-refractivity contribution in [3.8, 4) is 11.5 Å². The van der Waals surface area contributed by atoms with Crippen LogP contribution in [0.2, 0.25) is 0 Å². The number of hydrogen-bond donors (Lipinski definition) is 2. The van der Waals surface area contributed by atoms with Crippen molar-refractivity contribution in [2.24, 2.45) is 5.10 Å². The summed E-state index contributed by atoms with van der Waals surface area (Å²) in [6, 6.07) is 13.2. The summed E-state index contributed by atoms with van der Waals surface area (Å²) < 4.78 is 5.40. The second kappa shape index (κ2) is 8.60. The third kappa shape index (κ3) is 5.48. The van der Waals surface area contributed by atoms with E-state index >= 15 is 0 Å². The summed E-state index contributed by atoms with van der Waals surface area (Å²) in [5.74, 6) is 0.340. The lowest BCUT2D eigenvalue weighted by Gasteiger charge is -2.03. The number of nitrogens with zero attached hydrogens (tertiary/aromatic N) is 1. The minimum absolute atomic E-state index is 0.0289. The van der Waals surface area contributed by atoms with Gasteiger partial charge in [-0.3, -0.25) is 4.79 Å². The van der Waals surface area contributed by atoms with E-state index in [9.17, 15) is 9.90 Å². The molecule has 0 saturated carbocycles. The van der Waals surface area contributed by atoms with E-state index in [0.29, 0.717) is 17.9 Å². The van der Waals surface area contributed by atoms with E-state index in [1.165, 1.54) is 23.9 Å². The minimum atomic E-state index is -0.398. The number of carbonyl (C=O) groups excluding carboxylic acids is 1. The molecule has 0 aliphatic rings. The average molecular weight is 331 g/mol. The second-order valence-electron chi connectivity index (χ2n) is 4.49. The monoisotopic (exact) mass is 330 g/mol. The molecule has 5 nitrogen and oxygen atoms in total. The highest BCUT2D eigenvalue weighted by Gasteiger charge is 2.04. The Morgan fingerprint density at radius 3 is 2.74 bits per heavy atom. The highest BCUT2D eigenvalue weighted by molar-refractivity contribution is 6.25. The molecule has 0 spiro atoms. The van der Waals surface area contributed by atoms with E-state index in [1.807, 2.05) is 12.1 Å². The number of rotatable bonds is 6. The lowest BCUT2D eigenvalue weighted by molar-refractivity contribution is 0.0954. The van der Waals surface area contributed by atoms with Crippen LogP contribution in [0.25, 0.3) is 0 Å². The van der Waals surface area contributed by atoms with Gasteiger partial charge in [-0.1, -0.05) is 17.7 Å².